The number of pyridine rings is 1. The SMILES string of the molecule is Cc1cc(Cl)nc(Cl)c1NC(=O)c1ccc(I)c(O)c1. The minimum absolute atomic E-state index is 0.0512. The molecule has 2 aromatic rings. The third-order valence-electron chi connectivity index (χ3n) is 2.59. The molecule has 0 saturated heterocycles. The molecule has 104 valence electrons. The Labute approximate surface area is 139 Å². The summed E-state index contributed by atoms with van der Waals surface area (Å²) in [6, 6.07) is 6.26. The lowest BCUT2D eigenvalue weighted by Gasteiger charge is -2.10. The lowest BCUT2D eigenvalue weighted by atomic mass is 10.2. The molecule has 0 bridgehead atoms. The number of benzene rings is 1. The number of phenolic OH excluding ortho intramolecular Hbond substituents is 1. The molecule has 0 radical (unpaired) electrons. The van der Waals surface area contributed by atoms with Crippen LogP contribution in [0.1, 0.15) is 15.9 Å². The molecule has 0 aliphatic heterocycles. The first kappa shape index (κ1) is 15.3. The summed E-state index contributed by atoms with van der Waals surface area (Å²) >= 11 is 13.7. The van der Waals surface area contributed by atoms with Crippen LogP contribution in [0.2, 0.25) is 10.3 Å². The van der Waals surface area contributed by atoms with E-state index in [9.17, 15) is 9.90 Å². The van der Waals surface area contributed by atoms with Crippen LogP contribution in [0.4, 0.5) is 5.69 Å². The van der Waals surface area contributed by atoms with E-state index in [1.54, 1.807) is 25.1 Å². The highest BCUT2D eigenvalue weighted by molar-refractivity contribution is 14.1. The molecule has 0 fully saturated rings. The zero-order chi connectivity index (χ0) is 14.9. The molecule has 2 rings (SSSR count). The Morgan fingerprint density at radius 2 is 2.05 bits per heavy atom. The highest BCUT2D eigenvalue weighted by Crippen LogP contribution is 2.27. The standard InChI is InChI=1S/C13H9Cl2IN2O2/c1-6-4-10(14)17-12(15)11(6)18-13(20)7-2-3-8(16)9(19)5-7/h2-5,19H,1H3,(H,18,20). The molecular formula is C13H9Cl2IN2O2. The van der Waals surface area contributed by atoms with Crippen LogP contribution in [0.25, 0.3) is 0 Å². The molecule has 1 aromatic heterocycles. The van der Waals surface area contributed by atoms with Gasteiger partial charge in [0.25, 0.3) is 5.91 Å². The Balaban J connectivity index is 2.30. The van der Waals surface area contributed by atoms with Gasteiger partial charge in [-0.25, -0.2) is 4.98 Å². The number of nitrogens with one attached hydrogen (secondary N) is 1. The number of aromatic hydroxyl groups is 1. The van der Waals surface area contributed by atoms with Crippen molar-refractivity contribution in [2.45, 2.75) is 6.92 Å². The molecule has 0 spiro atoms. The van der Waals surface area contributed by atoms with Crippen LogP contribution in [0.15, 0.2) is 24.3 Å². The van der Waals surface area contributed by atoms with Crippen LogP contribution in [0.5, 0.6) is 5.75 Å². The second-order valence-corrected chi connectivity index (χ2v) is 5.96. The first-order valence-electron chi connectivity index (χ1n) is 5.51. The molecule has 0 atom stereocenters. The van der Waals surface area contributed by atoms with E-state index in [1.807, 2.05) is 22.6 Å². The van der Waals surface area contributed by atoms with Crippen molar-refractivity contribution in [2.24, 2.45) is 0 Å². The lowest BCUT2D eigenvalue weighted by molar-refractivity contribution is 0.102. The van der Waals surface area contributed by atoms with Crippen molar-refractivity contribution >= 4 is 57.4 Å². The minimum atomic E-state index is -0.383. The number of hydrogen-bond donors (Lipinski definition) is 2. The fourth-order valence-corrected chi connectivity index (χ4v) is 2.50. The molecule has 0 aliphatic carbocycles. The smallest absolute Gasteiger partial charge is 0.255 e. The Morgan fingerprint density at radius 1 is 1.35 bits per heavy atom. The minimum Gasteiger partial charge on any atom is -0.507 e. The fraction of sp³-hybridized carbons (Fsp3) is 0.0769. The van der Waals surface area contributed by atoms with E-state index in [1.165, 1.54) is 6.07 Å². The molecule has 7 heteroatoms. The van der Waals surface area contributed by atoms with Crippen LogP contribution in [0, 0.1) is 10.5 Å². The van der Waals surface area contributed by atoms with E-state index in [4.69, 9.17) is 23.2 Å². The highest BCUT2D eigenvalue weighted by atomic mass is 127. The largest absolute Gasteiger partial charge is 0.507 e. The first-order chi connectivity index (χ1) is 9.38. The number of aryl methyl sites for hydroxylation is 1. The monoisotopic (exact) mass is 422 g/mol. The maximum atomic E-state index is 12.1. The van der Waals surface area contributed by atoms with E-state index >= 15 is 0 Å². The Kier molecular flexibility index (Phi) is 4.72. The number of nitrogens with zero attached hydrogens (tertiary/aromatic N) is 1. The van der Waals surface area contributed by atoms with Crippen LogP contribution in [0.3, 0.4) is 0 Å². The summed E-state index contributed by atoms with van der Waals surface area (Å²) in [6.45, 7) is 1.76. The zero-order valence-electron chi connectivity index (χ0n) is 10.2. The summed E-state index contributed by atoms with van der Waals surface area (Å²) < 4.78 is 0.668. The molecule has 20 heavy (non-hydrogen) atoms. The molecule has 0 saturated carbocycles. The lowest BCUT2D eigenvalue weighted by Crippen LogP contribution is -2.13. The number of anilines is 1. The second-order valence-electron chi connectivity index (χ2n) is 4.05. The predicted octanol–water partition coefficient (Wildman–Crippen LogP) is 4.26. The predicted molar refractivity (Wildman–Crippen MR) is 87.8 cm³/mol. The Bertz CT molecular complexity index is 669. The number of amides is 1. The van der Waals surface area contributed by atoms with E-state index in [0.29, 0.717) is 20.4 Å². The highest BCUT2D eigenvalue weighted by Gasteiger charge is 2.13. The first-order valence-corrected chi connectivity index (χ1v) is 7.34. The van der Waals surface area contributed by atoms with Crippen molar-refractivity contribution < 1.29 is 9.90 Å². The molecule has 1 amide bonds. The summed E-state index contributed by atoms with van der Waals surface area (Å²) in [5.41, 5.74) is 1.44. The number of aromatic nitrogens is 1. The second kappa shape index (κ2) is 6.15. The molecule has 1 heterocycles. The summed E-state index contributed by atoms with van der Waals surface area (Å²) in [6.07, 6.45) is 0. The van der Waals surface area contributed by atoms with E-state index < -0.39 is 0 Å². The van der Waals surface area contributed by atoms with Crippen LogP contribution >= 0.6 is 45.8 Å². The molecule has 1 aromatic carbocycles. The topological polar surface area (TPSA) is 62.2 Å². The average molecular weight is 423 g/mol. The number of hydrogen-bond acceptors (Lipinski definition) is 3. The van der Waals surface area contributed by atoms with Gasteiger partial charge in [-0.05, 0) is 59.3 Å². The number of phenols is 1. The summed E-state index contributed by atoms with van der Waals surface area (Å²) in [5.74, 6) is -0.332. The summed E-state index contributed by atoms with van der Waals surface area (Å²) in [7, 11) is 0. The van der Waals surface area contributed by atoms with Gasteiger partial charge >= 0.3 is 0 Å². The fourth-order valence-electron chi connectivity index (χ4n) is 1.59. The van der Waals surface area contributed by atoms with Gasteiger partial charge < -0.3 is 10.4 Å². The van der Waals surface area contributed by atoms with Crippen LogP contribution in [-0.4, -0.2) is 16.0 Å². The van der Waals surface area contributed by atoms with E-state index in [2.05, 4.69) is 10.3 Å². The van der Waals surface area contributed by atoms with Gasteiger partial charge in [-0.2, -0.15) is 0 Å². The van der Waals surface area contributed by atoms with Crippen LogP contribution < -0.4 is 5.32 Å². The average Bonchev–Trinajstić information content (AvgIpc) is 2.36. The number of carbonyl (C=O) groups is 1. The van der Waals surface area contributed by atoms with Gasteiger partial charge in [-0.1, -0.05) is 23.2 Å². The molecule has 0 aliphatic rings. The number of halogens is 3. The summed E-state index contributed by atoms with van der Waals surface area (Å²) in [5, 5.41) is 12.7. The van der Waals surface area contributed by atoms with E-state index in [-0.39, 0.29) is 22.0 Å². The maximum absolute atomic E-state index is 12.1. The van der Waals surface area contributed by atoms with Crippen molar-refractivity contribution in [1.29, 1.82) is 0 Å². The Morgan fingerprint density at radius 3 is 2.65 bits per heavy atom. The van der Waals surface area contributed by atoms with Crippen molar-refractivity contribution in [3.05, 3.63) is 49.3 Å². The molecule has 4 nitrogen and oxygen atoms in total. The van der Waals surface area contributed by atoms with Gasteiger partial charge in [-0.15, -0.1) is 0 Å². The third-order valence-corrected chi connectivity index (χ3v) is 3.97. The van der Waals surface area contributed by atoms with Gasteiger partial charge in [0.2, 0.25) is 0 Å². The normalized spacial score (nSPS) is 10.4. The molecule has 2 N–H and O–H groups in total. The molecular weight excluding hydrogens is 414 g/mol. The quantitative estimate of drug-likeness (QED) is 0.561. The van der Waals surface area contributed by atoms with Gasteiger partial charge in [0.1, 0.15) is 10.9 Å². The molecule has 0 unspecified atom stereocenters. The van der Waals surface area contributed by atoms with Crippen molar-refractivity contribution in [3.8, 4) is 5.75 Å². The number of carbonyl (C=O) groups excluding carboxylic acids is 1. The van der Waals surface area contributed by atoms with E-state index in [0.717, 1.165) is 0 Å². The van der Waals surface area contributed by atoms with Gasteiger partial charge in [0.05, 0.1) is 9.26 Å². The van der Waals surface area contributed by atoms with Gasteiger partial charge in [-0.3, -0.25) is 4.79 Å². The Hall–Kier alpha value is -1.05. The van der Waals surface area contributed by atoms with Crippen LogP contribution in [-0.2, 0) is 0 Å². The van der Waals surface area contributed by atoms with Gasteiger partial charge in [0.15, 0.2) is 5.15 Å². The zero-order valence-corrected chi connectivity index (χ0v) is 13.9. The third kappa shape index (κ3) is 3.34. The van der Waals surface area contributed by atoms with Crippen molar-refractivity contribution in [3.63, 3.8) is 0 Å². The maximum Gasteiger partial charge on any atom is 0.255 e. The number of rotatable bonds is 2. The summed E-state index contributed by atoms with van der Waals surface area (Å²) in [4.78, 5) is 16.0. The van der Waals surface area contributed by atoms with Crippen molar-refractivity contribution in [1.82, 2.24) is 4.98 Å². The van der Waals surface area contributed by atoms with Gasteiger partial charge in [0, 0.05) is 5.56 Å². The van der Waals surface area contributed by atoms with Crippen molar-refractivity contribution in [2.75, 3.05) is 5.32 Å².